The van der Waals surface area contributed by atoms with Crippen LogP contribution >= 0.6 is 0 Å². The van der Waals surface area contributed by atoms with E-state index in [-0.39, 0.29) is 84.4 Å². The largest absolute Gasteiger partial charge is 0.480 e. The molecule has 0 aliphatic carbocycles. The zero-order valence-electron chi connectivity index (χ0n) is 59.3. The minimum atomic E-state index is -1.23. The molecule has 6 aromatic rings. The summed E-state index contributed by atoms with van der Waals surface area (Å²) in [7, 11) is 0. The van der Waals surface area contributed by atoms with Crippen LogP contribution in [0.1, 0.15) is 84.7 Å². The third kappa shape index (κ3) is 30.5. The zero-order chi connectivity index (χ0) is 74.0. The Morgan fingerprint density at radius 2 is 0.447 bits per heavy atom. The van der Waals surface area contributed by atoms with E-state index in [2.05, 4.69) is 5.32 Å². The summed E-state index contributed by atoms with van der Waals surface area (Å²) >= 11 is 0. The van der Waals surface area contributed by atoms with Crippen molar-refractivity contribution in [1.82, 2.24) is 49.4 Å². The van der Waals surface area contributed by atoms with Crippen LogP contribution in [0.4, 0.5) is 0 Å². The molecule has 25 nitrogen and oxygen atoms in total. The summed E-state index contributed by atoms with van der Waals surface area (Å²) in [4.78, 5) is 157. The molecule has 552 valence electrons. The number of amides is 9. The van der Waals surface area contributed by atoms with E-state index in [0.717, 1.165) is 24.0 Å². The topological polar surface area (TPSA) is 336 Å². The molecule has 0 bridgehead atoms. The highest BCUT2D eigenvalue weighted by Crippen LogP contribution is 2.17. The lowest BCUT2D eigenvalue weighted by Gasteiger charge is -2.33. The average molecular weight is 1410 g/mol. The maximum atomic E-state index is 15.3. The third-order valence-electron chi connectivity index (χ3n) is 17.1. The SMILES string of the molecule is NCCCCNCC(=O)N(CC(=O)N(CC(=O)N(CCCCN)CC(=O)N(CC(=O)N(CC(=O)N(CCCCN)CC(=O)N(CC(=O)N(CC(=O)N(CCCCN)CC(=O)O)Cc1ccccc1)Cc1ccccc1)Cc1ccccc1)Cc1ccccc1)Cc1ccccc1)Cc1ccccc1. The van der Waals surface area contributed by atoms with Crippen LogP contribution in [0.2, 0.25) is 0 Å². The van der Waals surface area contributed by atoms with Crippen molar-refractivity contribution in [3.05, 3.63) is 215 Å². The highest BCUT2D eigenvalue weighted by Gasteiger charge is 2.33. The molecule has 0 saturated carbocycles. The Morgan fingerprint density at radius 1 is 0.252 bits per heavy atom. The fraction of sp³-hybridized carbons (Fsp3) is 0.410. The van der Waals surface area contributed by atoms with Crippen molar-refractivity contribution in [1.29, 1.82) is 0 Å². The number of benzene rings is 6. The number of hydrogen-bond acceptors (Lipinski definition) is 15. The normalized spacial score (nSPS) is 10.9. The van der Waals surface area contributed by atoms with Crippen LogP contribution in [0.25, 0.3) is 0 Å². The standard InChI is InChI=1S/C78H104N14O11/c79-39-19-23-43-83-47-69(93)87(48-63-27-7-1-8-28-63)59-75(99)88(49-64-29-9-2-10-30-64)56-70(94)84(44-24-20-40-80)54-73(97)91(52-67-35-15-5-16-36-67)60-76(100)89(50-65-31-11-3-12-32-65)57-71(95)85(45-25-21-41-81)55-74(98)92(53-68-37-17-6-18-38-68)61-77(101)90(51-66-33-13-4-14-34-66)58-72(96)86(62-78(102)103)46-26-22-42-82/h1-18,27-38,83H,19-26,39-62,79-82H2,(H,102,103). The minimum absolute atomic E-state index is 0.00128. The maximum Gasteiger partial charge on any atom is 0.323 e. The predicted octanol–water partition coefficient (Wildman–Crippen LogP) is 4.27. The first-order valence-electron chi connectivity index (χ1n) is 35.4. The van der Waals surface area contributed by atoms with Gasteiger partial charge in [-0.25, -0.2) is 0 Å². The van der Waals surface area contributed by atoms with Crippen molar-refractivity contribution in [2.75, 3.05) is 118 Å². The second kappa shape index (κ2) is 46.4. The molecule has 0 saturated heterocycles. The van der Waals surface area contributed by atoms with Crippen molar-refractivity contribution >= 4 is 59.1 Å². The van der Waals surface area contributed by atoms with E-state index in [1.165, 1.54) is 44.1 Å². The Bertz CT molecular complexity index is 3550. The molecule has 0 radical (unpaired) electrons. The molecule has 6 aromatic carbocycles. The van der Waals surface area contributed by atoms with Gasteiger partial charge >= 0.3 is 5.97 Å². The first-order chi connectivity index (χ1) is 50.0. The Balaban J connectivity index is 1.29. The first-order valence-corrected chi connectivity index (χ1v) is 35.4. The number of carboxylic acids is 1. The maximum absolute atomic E-state index is 15.3. The highest BCUT2D eigenvalue weighted by molar-refractivity contribution is 5.94. The van der Waals surface area contributed by atoms with Gasteiger partial charge in [0.1, 0.15) is 45.8 Å². The third-order valence-corrected chi connectivity index (χ3v) is 17.1. The minimum Gasteiger partial charge on any atom is -0.480 e. The second-order valence-electron chi connectivity index (χ2n) is 25.4. The molecule has 0 aromatic heterocycles. The van der Waals surface area contributed by atoms with Crippen LogP contribution in [0.3, 0.4) is 0 Å². The van der Waals surface area contributed by atoms with E-state index < -0.39 is 106 Å². The summed E-state index contributed by atoms with van der Waals surface area (Å²) in [5.41, 5.74) is 27.5. The number of rotatable bonds is 48. The molecule has 0 spiro atoms. The summed E-state index contributed by atoms with van der Waals surface area (Å²) in [6.07, 6.45) is 4.24. The van der Waals surface area contributed by atoms with E-state index in [9.17, 15) is 29.1 Å². The Morgan fingerprint density at radius 3 is 0.670 bits per heavy atom. The number of carboxylic acid groups (broad SMARTS) is 1. The number of aliphatic carboxylic acids is 1. The van der Waals surface area contributed by atoms with Crippen molar-refractivity contribution in [2.24, 2.45) is 22.9 Å². The lowest BCUT2D eigenvalue weighted by Crippen LogP contribution is -2.52. The summed E-state index contributed by atoms with van der Waals surface area (Å²) in [6, 6.07) is 54.2. The van der Waals surface area contributed by atoms with Gasteiger partial charge in [-0.2, -0.15) is 0 Å². The summed E-state index contributed by atoms with van der Waals surface area (Å²) in [5.74, 6) is -6.36. The molecule has 0 aliphatic rings. The molecule has 103 heavy (non-hydrogen) atoms. The molecule has 0 atom stereocenters. The molecular weight excluding hydrogens is 1310 g/mol. The highest BCUT2D eigenvalue weighted by atomic mass is 16.4. The van der Waals surface area contributed by atoms with Crippen LogP contribution in [-0.4, -0.2) is 226 Å². The monoisotopic (exact) mass is 1410 g/mol. The van der Waals surface area contributed by atoms with Gasteiger partial charge in [0.2, 0.25) is 53.2 Å². The lowest BCUT2D eigenvalue weighted by molar-refractivity contribution is -0.150. The molecular formula is C78H104N14O11. The molecule has 6 rings (SSSR count). The molecule has 9 amide bonds. The van der Waals surface area contributed by atoms with Crippen molar-refractivity contribution in [3.63, 3.8) is 0 Å². The smallest absolute Gasteiger partial charge is 0.323 e. The predicted molar refractivity (Wildman–Crippen MR) is 395 cm³/mol. The quantitative estimate of drug-likeness (QED) is 0.0291. The van der Waals surface area contributed by atoms with E-state index >= 15 is 24.0 Å². The Labute approximate surface area is 605 Å². The second-order valence-corrected chi connectivity index (χ2v) is 25.4. The fourth-order valence-electron chi connectivity index (χ4n) is 11.4. The summed E-state index contributed by atoms with van der Waals surface area (Å²) in [5, 5.41) is 12.9. The summed E-state index contributed by atoms with van der Waals surface area (Å²) in [6.45, 7) is -2.72. The number of carbonyl (C=O) groups is 10. The van der Waals surface area contributed by atoms with Crippen LogP contribution in [0.15, 0.2) is 182 Å². The van der Waals surface area contributed by atoms with Crippen molar-refractivity contribution in [2.45, 2.75) is 90.6 Å². The van der Waals surface area contributed by atoms with Crippen LogP contribution in [0, 0.1) is 0 Å². The van der Waals surface area contributed by atoms with E-state index in [1.54, 1.807) is 115 Å². The molecule has 25 heteroatoms. The molecule has 0 unspecified atom stereocenters. The Kier molecular flexibility index (Phi) is 36.8. The van der Waals surface area contributed by atoms with Gasteiger partial charge in [-0.3, -0.25) is 47.9 Å². The van der Waals surface area contributed by atoms with E-state index in [1.807, 2.05) is 66.7 Å². The van der Waals surface area contributed by atoms with Crippen molar-refractivity contribution < 1.29 is 53.1 Å². The van der Waals surface area contributed by atoms with Crippen LogP contribution in [-0.2, 0) is 87.2 Å². The number of carbonyl (C=O) groups excluding carboxylic acids is 9. The molecule has 0 fully saturated rings. The number of hydrogen-bond donors (Lipinski definition) is 6. The van der Waals surface area contributed by atoms with E-state index in [0.29, 0.717) is 87.0 Å². The lowest BCUT2D eigenvalue weighted by atomic mass is 10.2. The van der Waals surface area contributed by atoms with Gasteiger partial charge in [0.15, 0.2) is 0 Å². The van der Waals surface area contributed by atoms with Gasteiger partial charge in [-0.05, 0) is 117 Å². The molecule has 10 N–H and O–H groups in total. The number of nitrogens with zero attached hydrogens (tertiary/aromatic N) is 9. The molecule has 0 heterocycles. The van der Waals surface area contributed by atoms with E-state index in [4.69, 9.17) is 22.9 Å². The molecule has 0 aliphatic heterocycles. The average Bonchev–Trinajstić information content (AvgIpc) is 0.855. The van der Waals surface area contributed by atoms with Gasteiger partial charge in [-0.15, -0.1) is 0 Å². The number of unbranched alkanes of at least 4 members (excludes halogenated alkanes) is 4. The summed E-state index contributed by atoms with van der Waals surface area (Å²) < 4.78 is 0. The van der Waals surface area contributed by atoms with Gasteiger partial charge in [0, 0.05) is 58.9 Å². The fourth-order valence-corrected chi connectivity index (χ4v) is 11.4. The Hall–Kier alpha value is -10.2. The number of nitrogens with one attached hydrogen (secondary N) is 1. The van der Waals surface area contributed by atoms with Crippen LogP contribution < -0.4 is 28.3 Å². The van der Waals surface area contributed by atoms with Gasteiger partial charge in [-0.1, -0.05) is 182 Å². The first kappa shape index (κ1) is 81.8. The van der Waals surface area contributed by atoms with Gasteiger partial charge in [0.05, 0.1) is 19.6 Å². The van der Waals surface area contributed by atoms with Gasteiger partial charge in [0.25, 0.3) is 0 Å². The number of nitrogens with two attached hydrogens (primary N) is 4. The van der Waals surface area contributed by atoms with Crippen molar-refractivity contribution in [3.8, 4) is 0 Å². The zero-order valence-corrected chi connectivity index (χ0v) is 59.3. The van der Waals surface area contributed by atoms with Crippen LogP contribution in [0.5, 0.6) is 0 Å². The van der Waals surface area contributed by atoms with Gasteiger partial charge < -0.3 is 77.5 Å².